The van der Waals surface area contributed by atoms with Gasteiger partial charge in [0, 0.05) is 19.1 Å². The van der Waals surface area contributed by atoms with Gasteiger partial charge >= 0.3 is 0 Å². The van der Waals surface area contributed by atoms with Crippen LogP contribution in [0.5, 0.6) is 0 Å². The molecular weight excluding hydrogens is 314 g/mol. The molecule has 2 atom stereocenters. The molecule has 1 fully saturated rings. The molecule has 6 heteroatoms. The van der Waals surface area contributed by atoms with Crippen molar-refractivity contribution >= 4 is 24.2 Å². The van der Waals surface area contributed by atoms with Gasteiger partial charge in [-0.25, -0.2) is 0 Å². The molecule has 1 aromatic rings. The van der Waals surface area contributed by atoms with Crippen LogP contribution in [0.1, 0.15) is 25.3 Å². The van der Waals surface area contributed by atoms with Gasteiger partial charge in [-0.3, -0.25) is 9.59 Å². The summed E-state index contributed by atoms with van der Waals surface area (Å²) in [6, 6.07) is 9.57. The largest absolute Gasteiger partial charge is 0.353 e. The minimum atomic E-state index is -0.319. The van der Waals surface area contributed by atoms with Crippen LogP contribution in [0.3, 0.4) is 0 Å². The van der Waals surface area contributed by atoms with Gasteiger partial charge < -0.3 is 15.5 Å². The van der Waals surface area contributed by atoms with E-state index in [2.05, 4.69) is 10.6 Å². The molecule has 1 aromatic carbocycles. The molecule has 0 radical (unpaired) electrons. The summed E-state index contributed by atoms with van der Waals surface area (Å²) in [4.78, 5) is 26.5. The number of hydrogen-bond donors (Lipinski definition) is 2. The van der Waals surface area contributed by atoms with Crippen molar-refractivity contribution in [2.24, 2.45) is 0 Å². The van der Waals surface area contributed by atoms with Crippen LogP contribution in [0.25, 0.3) is 0 Å². The van der Waals surface area contributed by atoms with Crippen molar-refractivity contribution in [3.05, 3.63) is 35.9 Å². The van der Waals surface area contributed by atoms with Gasteiger partial charge in [-0.2, -0.15) is 0 Å². The van der Waals surface area contributed by atoms with E-state index in [1.165, 1.54) is 0 Å². The fourth-order valence-corrected chi connectivity index (χ4v) is 2.68. The van der Waals surface area contributed by atoms with E-state index in [4.69, 9.17) is 0 Å². The Labute approximate surface area is 144 Å². The second-order valence-corrected chi connectivity index (χ2v) is 5.84. The molecular formula is C17H26ClN3O2. The average molecular weight is 340 g/mol. The van der Waals surface area contributed by atoms with E-state index in [0.717, 1.165) is 18.4 Å². The smallest absolute Gasteiger partial charge is 0.242 e. The van der Waals surface area contributed by atoms with Crippen LogP contribution in [0, 0.1) is 0 Å². The van der Waals surface area contributed by atoms with E-state index in [1.54, 1.807) is 4.90 Å². The van der Waals surface area contributed by atoms with Gasteiger partial charge in [0.1, 0.15) is 6.04 Å². The van der Waals surface area contributed by atoms with Crippen LogP contribution in [0.2, 0.25) is 0 Å². The van der Waals surface area contributed by atoms with Gasteiger partial charge in [0.25, 0.3) is 0 Å². The summed E-state index contributed by atoms with van der Waals surface area (Å²) < 4.78 is 0. The second-order valence-electron chi connectivity index (χ2n) is 5.84. The summed E-state index contributed by atoms with van der Waals surface area (Å²) in [5.74, 6) is -0.00785. The molecule has 23 heavy (non-hydrogen) atoms. The maximum Gasteiger partial charge on any atom is 0.242 e. The topological polar surface area (TPSA) is 61.4 Å². The minimum Gasteiger partial charge on any atom is -0.353 e. The van der Waals surface area contributed by atoms with Crippen LogP contribution in [-0.2, 0) is 16.0 Å². The fourth-order valence-electron chi connectivity index (χ4n) is 2.68. The van der Waals surface area contributed by atoms with Crippen LogP contribution in [-0.4, -0.2) is 48.9 Å². The van der Waals surface area contributed by atoms with E-state index >= 15 is 0 Å². The first-order valence-corrected chi connectivity index (χ1v) is 7.90. The lowest BCUT2D eigenvalue weighted by Crippen LogP contribution is -2.48. The highest BCUT2D eigenvalue weighted by molar-refractivity contribution is 5.89. The van der Waals surface area contributed by atoms with Crippen LogP contribution >= 0.6 is 12.4 Å². The molecule has 2 rings (SSSR count). The summed E-state index contributed by atoms with van der Waals surface area (Å²) in [7, 11) is 1.86. The number of likely N-dealkylation sites (tertiary alicyclic amines) is 1. The summed E-state index contributed by atoms with van der Waals surface area (Å²) in [5.41, 5.74) is 0.988. The van der Waals surface area contributed by atoms with Gasteiger partial charge in [0.15, 0.2) is 0 Å². The van der Waals surface area contributed by atoms with Gasteiger partial charge in [-0.15, -0.1) is 12.4 Å². The zero-order chi connectivity index (χ0) is 15.9. The van der Waals surface area contributed by atoms with E-state index < -0.39 is 0 Å². The van der Waals surface area contributed by atoms with E-state index in [1.807, 2.05) is 44.3 Å². The molecule has 0 bridgehead atoms. The van der Waals surface area contributed by atoms with E-state index in [9.17, 15) is 9.59 Å². The first-order chi connectivity index (χ1) is 10.6. The number of nitrogens with one attached hydrogen (secondary N) is 2. The van der Waals surface area contributed by atoms with Gasteiger partial charge in [0.2, 0.25) is 11.8 Å². The quantitative estimate of drug-likeness (QED) is 0.822. The van der Waals surface area contributed by atoms with Crippen molar-refractivity contribution in [3.63, 3.8) is 0 Å². The predicted molar refractivity (Wildman–Crippen MR) is 93.7 cm³/mol. The zero-order valence-corrected chi connectivity index (χ0v) is 14.6. The first-order valence-electron chi connectivity index (χ1n) is 7.90. The van der Waals surface area contributed by atoms with Crippen molar-refractivity contribution in [2.45, 2.75) is 38.3 Å². The standard InChI is InChI=1S/C17H25N3O2.ClH/c1-13(18-2)12-19-17(22)15-9-6-10-20(15)16(21)11-14-7-4-3-5-8-14;/h3-5,7-8,13,15,18H,6,9-12H2,1-2H3,(H,19,22);1H. The number of carbonyl (C=O) groups excluding carboxylic acids is 2. The highest BCUT2D eigenvalue weighted by Gasteiger charge is 2.33. The Bertz CT molecular complexity index is 510. The summed E-state index contributed by atoms with van der Waals surface area (Å²) in [6.45, 7) is 3.26. The SMILES string of the molecule is CNC(C)CNC(=O)C1CCCN1C(=O)Cc1ccccc1.Cl. The molecule has 1 aliphatic rings. The zero-order valence-electron chi connectivity index (χ0n) is 13.7. The monoisotopic (exact) mass is 339 g/mol. The predicted octanol–water partition coefficient (Wildman–Crippen LogP) is 1.37. The number of rotatable bonds is 6. The Balaban J connectivity index is 0.00000264. The molecule has 1 aliphatic heterocycles. The molecule has 5 nitrogen and oxygen atoms in total. The molecule has 1 heterocycles. The van der Waals surface area contributed by atoms with E-state index in [0.29, 0.717) is 19.5 Å². The molecule has 0 saturated carbocycles. The summed E-state index contributed by atoms with van der Waals surface area (Å²) in [6.07, 6.45) is 2.00. The minimum absolute atomic E-state index is 0. The number of carbonyl (C=O) groups is 2. The molecule has 2 N–H and O–H groups in total. The number of nitrogens with zero attached hydrogens (tertiary/aromatic N) is 1. The summed E-state index contributed by atoms with van der Waals surface area (Å²) >= 11 is 0. The second kappa shape index (κ2) is 9.53. The number of halogens is 1. The van der Waals surface area contributed by atoms with Crippen LogP contribution in [0.4, 0.5) is 0 Å². The Morgan fingerprint density at radius 1 is 1.30 bits per heavy atom. The normalized spacial score (nSPS) is 18.2. The maximum atomic E-state index is 12.5. The lowest BCUT2D eigenvalue weighted by Gasteiger charge is -2.24. The average Bonchev–Trinajstić information content (AvgIpc) is 3.03. The Hall–Kier alpha value is -1.59. The Kier molecular flexibility index (Phi) is 8.06. The third-order valence-electron chi connectivity index (χ3n) is 4.15. The number of amides is 2. The van der Waals surface area contributed by atoms with Crippen molar-refractivity contribution < 1.29 is 9.59 Å². The third-order valence-corrected chi connectivity index (χ3v) is 4.15. The molecule has 0 spiro atoms. The highest BCUT2D eigenvalue weighted by Crippen LogP contribution is 2.19. The third kappa shape index (κ3) is 5.52. The van der Waals surface area contributed by atoms with Crippen molar-refractivity contribution in [2.75, 3.05) is 20.1 Å². The Morgan fingerprint density at radius 2 is 2.00 bits per heavy atom. The lowest BCUT2D eigenvalue weighted by molar-refractivity contribution is -0.138. The number of benzene rings is 1. The van der Waals surface area contributed by atoms with Crippen LogP contribution < -0.4 is 10.6 Å². The van der Waals surface area contributed by atoms with Crippen molar-refractivity contribution in [1.29, 1.82) is 0 Å². The molecule has 2 amide bonds. The fraction of sp³-hybridized carbons (Fsp3) is 0.529. The molecule has 128 valence electrons. The van der Waals surface area contributed by atoms with Gasteiger partial charge in [-0.05, 0) is 32.4 Å². The molecule has 0 aromatic heterocycles. The number of likely N-dealkylation sites (N-methyl/N-ethyl adjacent to an activating group) is 1. The van der Waals surface area contributed by atoms with Gasteiger partial charge in [-0.1, -0.05) is 30.3 Å². The van der Waals surface area contributed by atoms with Crippen molar-refractivity contribution in [1.82, 2.24) is 15.5 Å². The molecule has 0 aliphatic carbocycles. The first kappa shape index (κ1) is 19.5. The highest BCUT2D eigenvalue weighted by atomic mass is 35.5. The van der Waals surface area contributed by atoms with Crippen molar-refractivity contribution in [3.8, 4) is 0 Å². The summed E-state index contributed by atoms with van der Waals surface area (Å²) in [5, 5.41) is 6.01. The van der Waals surface area contributed by atoms with E-state index in [-0.39, 0.29) is 36.3 Å². The molecule has 2 unspecified atom stereocenters. The van der Waals surface area contributed by atoms with Gasteiger partial charge in [0.05, 0.1) is 6.42 Å². The lowest BCUT2D eigenvalue weighted by atomic mass is 10.1. The number of hydrogen-bond acceptors (Lipinski definition) is 3. The van der Waals surface area contributed by atoms with Crippen LogP contribution in [0.15, 0.2) is 30.3 Å². The Morgan fingerprint density at radius 3 is 2.65 bits per heavy atom. The molecule has 1 saturated heterocycles. The maximum absolute atomic E-state index is 12.5.